The lowest BCUT2D eigenvalue weighted by Gasteiger charge is -2.24. The van der Waals surface area contributed by atoms with Crippen molar-refractivity contribution in [2.45, 2.75) is 27.7 Å². The van der Waals surface area contributed by atoms with Gasteiger partial charge in [0.1, 0.15) is 6.54 Å². The Hall–Kier alpha value is -1.92. The molecule has 0 unspecified atom stereocenters. The number of amides is 2. The molecule has 0 saturated heterocycles. The summed E-state index contributed by atoms with van der Waals surface area (Å²) in [5, 5.41) is 3.90. The predicted octanol–water partition coefficient (Wildman–Crippen LogP) is 4.15. The molecule has 1 N–H and O–H groups in total. The SMILES string of the molecule is Cc1nc(NC(=O)CN(CC(C)C)C(=O)c2ccc(Cl)cc2)sc1C. The molecule has 0 fully saturated rings. The van der Waals surface area contributed by atoms with Crippen molar-refractivity contribution in [2.24, 2.45) is 5.92 Å². The number of benzene rings is 1. The second-order valence-corrected chi connectivity index (χ2v) is 7.93. The van der Waals surface area contributed by atoms with Crippen molar-refractivity contribution in [1.29, 1.82) is 0 Å². The van der Waals surface area contributed by atoms with Gasteiger partial charge in [-0.3, -0.25) is 9.59 Å². The van der Waals surface area contributed by atoms with E-state index in [0.717, 1.165) is 10.6 Å². The minimum atomic E-state index is -0.253. The van der Waals surface area contributed by atoms with E-state index in [9.17, 15) is 9.59 Å². The number of nitrogens with zero attached hydrogens (tertiary/aromatic N) is 2. The average molecular weight is 380 g/mol. The lowest BCUT2D eigenvalue weighted by Crippen LogP contribution is -2.40. The molecule has 2 aromatic rings. The zero-order valence-corrected chi connectivity index (χ0v) is 16.4. The first kappa shape index (κ1) is 19.4. The molecule has 0 atom stereocenters. The van der Waals surface area contributed by atoms with Crippen LogP contribution < -0.4 is 5.32 Å². The molecule has 0 saturated carbocycles. The molecule has 0 aliphatic rings. The minimum Gasteiger partial charge on any atom is -0.329 e. The Morgan fingerprint density at radius 3 is 2.40 bits per heavy atom. The van der Waals surface area contributed by atoms with Crippen molar-refractivity contribution in [2.75, 3.05) is 18.4 Å². The average Bonchev–Trinajstić information content (AvgIpc) is 2.84. The standard InChI is InChI=1S/C18H22ClN3O2S/c1-11(2)9-22(17(24)14-5-7-15(19)8-6-14)10-16(23)21-18-20-12(3)13(4)25-18/h5-8,11H,9-10H2,1-4H3,(H,20,21,23). The smallest absolute Gasteiger partial charge is 0.254 e. The van der Waals surface area contributed by atoms with E-state index in [1.165, 1.54) is 11.3 Å². The molecule has 1 heterocycles. The summed E-state index contributed by atoms with van der Waals surface area (Å²) in [6, 6.07) is 6.68. The highest BCUT2D eigenvalue weighted by Crippen LogP contribution is 2.21. The van der Waals surface area contributed by atoms with Crippen LogP contribution in [0, 0.1) is 19.8 Å². The molecule has 1 aromatic carbocycles. The van der Waals surface area contributed by atoms with E-state index >= 15 is 0 Å². The maximum Gasteiger partial charge on any atom is 0.254 e. The van der Waals surface area contributed by atoms with E-state index in [-0.39, 0.29) is 24.3 Å². The van der Waals surface area contributed by atoms with Crippen LogP contribution in [0.1, 0.15) is 34.8 Å². The van der Waals surface area contributed by atoms with Crippen LogP contribution in [0.2, 0.25) is 5.02 Å². The van der Waals surface area contributed by atoms with Crippen LogP contribution in [0.15, 0.2) is 24.3 Å². The number of hydrogen-bond acceptors (Lipinski definition) is 4. The minimum absolute atomic E-state index is 0.0166. The monoisotopic (exact) mass is 379 g/mol. The largest absolute Gasteiger partial charge is 0.329 e. The fraction of sp³-hybridized carbons (Fsp3) is 0.389. The van der Waals surface area contributed by atoms with Gasteiger partial charge in [0, 0.05) is 22.0 Å². The van der Waals surface area contributed by atoms with E-state index in [4.69, 9.17) is 11.6 Å². The highest BCUT2D eigenvalue weighted by Gasteiger charge is 2.20. The Morgan fingerprint density at radius 1 is 1.24 bits per heavy atom. The molecule has 5 nitrogen and oxygen atoms in total. The topological polar surface area (TPSA) is 62.3 Å². The van der Waals surface area contributed by atoms with Gasteiger partial charge in [0.05, 0.1) is 5.69 Å². The first-order valence-corrected chi connectivity index (χ1v) is 9.24. The maximum absolute atomic E-state index is 12.7. The lowest BCUT2D eigenvalue weighted by molar-refractivity contribution is -0.117. The summed E-state index contributed by atoms with van der Waals surface area (Å²) in [4.78, 5) is 32.0. The van der Waals surface area contributed by atoms with Gasteiger partial charge in [-0.2, -0.15) is 0 Å². The fourth-order valence-electron chi connectivity index (χ4n) is 2.29. The van der Waals surface area contributed by atoms with E-state index in [1.807, 2.05) is 27.7 Å². The molecule has 134 valence electrons. The summed E-state index contributed by atoms with van der Waals surface area (Å²) in [7, 11) is 0. The van der Waals surface area contributed by atoms with Crippen molar-refractivity contribution < 1.29 is 9.59 Å². The number of aromatic nitrogens is 1. The van der Waals surface area contributed by atoms with Gasteiger partial charge in [0.15, 0.2) is 5.13 Å². The molecule has 0 radical (unpaired) electrons. The maximum atomic E-state index is 12.7. The first-order chi connectivity index (χ1) is 11.8. The van der Waals surface area contributed by atoms with Gasteiger partial charge in [-0.15, -0.1) is 11.3 Å². The quantitative estimate of drug-likeness (QED) is 0.820. The molecule has 2 amide bonds. The van der Waals surface area contributed by atoms with E-state index in [1.54, 1.807) is 29.2 Å². The number of carbonyl (C=O) groups excluding carboxylic acids is 2. The van der Waals surface area contributed by atoms with Crippen LogP contribution in [-0.4, -0.2) is 34.8 Å². The fourth-order valence-corrected chi connectivity index (χ4v) is 3.25. The highest BCUT2D eigenvalue weighted by molar-refractivity contribution is 7.15. The molecule has 25 heavy (non-hydrogen) atoms. The summed E-state index contributed by atoms with van der Waals surface area (Å²) in [5.41, 5.74) is 1.41. The Labute approximate surface area is 157 Å². The zero-order valence-electron chi connectivity index (χ0n) is 14.8. The van der Waals surface area contributed by atoms with Crippen LogP contribution in [0.25, 0.3) is 0 Å². The third kappa shape index (κ3) is 5.54. The van der Waals surface area contributed by atoms with E-state index in [2.05, 4.69) is 10.3 Å². The van der Waals surface area contributed by atoms with Gasteiger partial charge in [-0.1, -0.05) is 25.4 Å². The van der Waals surface area contributed by atoms with Gasteiger partial charge in [-0.05, 0) is 44.0 Å². The zero-order chi connectivity index (χ0) is 18.6. The number of hydrogen-bond donors (Lipinski definition) is 1. The Bertz CT molecular complexity index is 737. The van der Waals surface area contributed by atoms with Gasteiger partial charge in [-0.25, -0.2) is 4.98 Å². The second-order valence-electron chi connectivity index (χ2n) is 6.30. The normalized spacial score (nSPS) is 10.8. The summed E-state index contributed by atoms with van der Waals surface area (Å²) in [5.74, 6) is -0.197. The lowest BCUT2D eigenvalue weighted by atomic mass is 10.1. The van der Waals surface area contributed by atoms with Gasteiger partial charge < -0.3 is 10.2 Å². The number of rotatable bonds is 6. The third-order valence-corrected chi connectivity index (χ3v) is 4.81. The van der Waals surface area contributed by atoms with Crippen LogP contribution in [0.4, 0.5) is 5.13 Å². The van der Waals surface area contributed by atoms with Crippen molar-refractivity contribution in [3.05, 3.63) is 45.4 Å². The summed E-state index contributed by atoms with van der Waals surface area (Å²) < 4.78 is 0. The number of thiazole rings is 1. The molecule has 0 bridgehead atoms. The summed E-state index contributed by atoms with van der Waals surface area (Å²) in [6.45, 7) is 8.34. The third-order valence-electron chi connectivity index (χ3n) is 3.57. The Kier molecular flexibility index (Phi) is 6.56. The molecule has 7 heteroatoms. The van der Waals surface area contributed by atoms with Crippen molar-refractivity contribution in [3.8, 4) is 0 Å². The number of anilines is 1. The van der Waals surface area contributed by atoms with Gasteiger partial charge in [0.25, 0.3) is 5.91 Å². The van der Waals surface area contributed by atoms with E-state index < -0.39 is 0 Å². The molecule has 0 spiro atoms. The number of nitrogens with one attached hydrogen (secondary N) is 1. The Morgan fingerprint density at radius 2 is 1.88 bits per heavy atom. The number of halogens is 1. The summed E-state index contributed by atoms with van der Waals surface area (Å²) >= 11 is 7.30. The van der Waals surface area contributed by atoms with Crippen LogP contribution in [0.5, 0.6) is 0 Å². The molecule has 0 aliphatic heterocycles. The highest BCUT2D eigenvalue weighted by atomic mass is 35.5. The molecular formula is C18H22ClN3O2S. The van der Waals surface area contributed by atoms with Crippen molar-refractivity contribution >= 4 is 39.9 Å². The molecule has 2 rings (SSSR count). The second kappa shape index (κ2) is 8.45. The van der Waals surface area contributed by atoms with Gasteiger partial charge in [0.2, 0.25) is 5.91 Å². The predicted molar refractivity (Wildman–Crippen MR) is 102 cm³/mol. The number of carbonyl (C=O) groups is 2. The Balaban J connectivity index is 2.09. The molecule has 1 aromatic heterocycles. The first-order valence-electron chi connectivity index (χ1n) is 8.05. The van der Waals surface area contributed by atoms with Crippen LogP contribution in [0.3, 0.4) is 0 Å². The number of aryl methyl sites for hydroxylation is 2. The van der Waals surface area contributed by atoms with Crippen LogP contribution in [-0.2, 0) is 4.79 Å². The van der Waals surface area contributed by atoms with E-state index in [0.29, 0.717) is 22.3 Å². The summed E-state index contributed by atoms with van der Waals surface area (Å²) in [6.07, 6.45) is 0. The molecular weight excluding hydrogens is 358 g/mol. The van der Waals surface area contributed by atoms with Crippen LogP contribution >= 0.6 is 22.9 Å². The van der Waals surface area contributed by atoms with Crippen molar-refractivity contribution in [3.63, 3.8) is 0 Å². The van der Waals surface area contributed by atoms with Gasteiger partial charge >= 0.3 is 0 Å². The van der Waals surface area contributed by atoms with Crippen molar-refractivity contribution in [1.82, 2.24) is 9.88 Å². The molecule has 0 aliphatic carbocycles.